The summed E-state index contributed by atoms with van der Waals surface area (Å²) in [5, 5.41) is 37.5. The molecule has 0 aliphatic carbocycles. The Morgan fingerprint density at radius 3 is 1.90 bits per heavy atom. The molecule has 420 valence electrons. The molecule has 0 radical (unpaired) electrons. The summed E-state index contributed by atoms with van der Waals surface area (Å²) < 4.78 is 57.3. The Labute approximate surface area is 457 Å². The molecule has 0 aromatic heterocycles. The number of carbonyl (C=O) groups excluding carboxylic acids is 3. The van der Waals surface area contributed by atoms with Crippen molar-refractivity contribution in [1.29, 1.82) is 0 Å². The molecule has 7 rings (SSSR count). The van der Waals surface area contributed by atoms with E-state index >= 15 is 0 Å². The van der Waals surface area contributed by atoms with Gasteiger partial charge in [-0.25, -0.2) is 9.59 Å². The van der Waals surface area contributed by atoms with Crippen molar-refractivity contribution in [2.24, 2.45) is 11.8 Å². The summed E-state index contributed by atoms with van der Waals surface area (Å²) in [4.78, 5) is 39.4. The molecule has 17 heteroatoms. The lowest BCUT2D eigenvalue weighted by atomic mass is 9.96. The minimum Gasteiger partial charge on any atom is -0.507 e. The molecule has 0 amide bonds. The number of hydrogen-bond acceptors (Lipinski definition) is 17. The molecular formula is C61H74O17. The summed E-state index contributed by atoms with van der Waals surface area (Å²) in [6.45, 7) is 14.6. The summed E-state index contributed by atoms with van der Waals surface area (Å²) in [7, 11) is 4.13. The number of esters is 2. The van der Waals surface area contributed by atoms with Crippen LogP contribution in [-0.2, 0) is 49.3 Å². The first-order valence-electron chi connectivity index (χ1n) is 25.7. The van der Waals surface area contributed by atoms with E-state index in [-0.39, 0.29) is 54.5 Å². The second-order valence-corrected chi connectivity index (χ2v) is 19.6. The van der Waals surface area contributed by atoms with E-state index in [9.17, 15) is 24.6 Å². The largest absolute Gasteiger partial charge is 0.507 e. The van der Waals surface area contributed by atoms with Crippen molar-refractivity contribution in [3.05, 3.63) is 124 Å². The number of ketones is 1. The maximum atomic E-state index is 13.7. The summed E-state index contributed by atoms with van der Waals surface area (Å²) >= 11 is 0. The highest BCUT2D eigenvalue weighted by atomic mass is 16.8. The monoisotopic (exact) mass is 1080 g/mol. The van der Waals surface area contributed by atoms with Crippen LogP contribution < -0.4 is 9.47 Å². The fraction of sp³-hybridized carbons (Fsp3) is 0.459. The predicted octanol–water partition coefficient (Wildman–Crippen LogP) is 7.87. The molecule has 0 spiro atoms. The average Bonchev–Trinajstić information content (AvgIpc) is 3.91. The van der Waals surface area contributed by atoms with Crippen LogP contribution in [-0.4, -0.2) is 134 Å². The number of cyclic esters (lactones) is 2. The van der Waals surface area contributed by atoms with Gasteiger partial charge < -0.3 is 67.8 Å². The number of aliphatic hydroxyl groups is 3. The third kappa shape index (κ3) is 17.2. The zero-order valence-electron chi connectivity index (χ0n) is 46.3. The highest BCUT2D eigenvalue weighted by Gasteiger charge is 2.45. The molecule has 78 heavy (non-hydrogen) atoms. The van der Waals surface area contributed by atoms with Crippen molar-refractivity contribution < 1.29 is 82.2 Å². The van der Waals surface area contributed by atoms with E-state index in [2.05, 4.69) is 23.7 Å². The number of carbonyl (C=O) groups is 3. The number of phenolic OH excluding ortho intramolecular Hbond substituents is 1. The van der Waals surface area contributed by atoms with Crippen molar-refractivity contribution in [2.75, 3.05) is 41.3 Å². The molecule has 9 atom stereocenters. The molecule has 17 nitrogen and oxygen atoms in total. The second kappa shape index (κ2) is 29.4. The number of ether oxygens (including phenoxy) is 10. The van der Waals surface area contributed by atoms with Crippen molar-refractivity contribution in [3.63, 3.8) is 0 Å². The second-order valence-electron chi connectivity index (χ2n) is 19.6. The Morgan fingerprint density at radius 2 is 1.26 bits per heavy atom. The molecule has 0 bridgehead atoms. The fourth-order valence-electron chi connectivity index (χ4n) is 8.59. The third-order valence-corrected chi connectivity index (χ3v) is 12.9. The van der Waals surface area contributed by atoms with Gasteiger partial charge in [-0.1, -0.05) is 92.2 Å². The SMILES string of the molecule is CO.COCOc1ccc(C#CCOCc2ccc(OC)cc2)c2c1C(=O)O[C@@H](C)[C@H](C)/C=C\C(O)[C@H]1OC(C)(C)O[C@H]1CC=C2.C[C@@H]1/C=C\C(=O)[C@H]2OC(C)(C)O[C@H]2C/C=C/c2c(C#CCO)ccc(O)c2C(=O)O[C@H]1C. The van der Waals surface area contributed by atoms with E-state index in [1.807, 2.05) is 70.2 Å². The van der Waals surface area contributed by atoms with Gasteiger partial charge in [0.15, 0.2) is 24.2 Å². The van der Waals surface area contributed by atoms with E-state index in [0.717, 1.165) is 18.4 Å². The number of aromatic hydroxyl groups is 1. The van der Waals surface area contributed by atoms with E-state index in [4.69, 9.17) is 57.6 Å². The standard InChI is InChI=1S/C35H42O9.C25H28O7.CH4O/c1-23-12-18-29(36)33-31(43-35(3,4)44-33)11-7-10-28-26(9-8-20-40-21-25-13-16-27(39-6)17-14-25)15-19-30(41-22-38-5)32(28)34(37)42-24(23)2;1-15-10-12-20(28)23-21(31-25(3,4)32-23)9-5-8-18-17(7-6-14-26)11-13-19(27)22(18)24(29)30-16(15)2;1-2/h7,10,12-19,23-24,29,31,33,36H,11,20-22H2,1-6H3;5,8,10-13,15-16,21,23,26-27H,9,14H2,1-4H3;2H,1H3/b10-7?,18-12-;8-5+,12-10-;/t23-,24+,29?,31+,33-;15-,16+,21+,23-;/m11./s1. The summed E-state index contributed by atoms with van der Waals surface area (Å²) in [6, 6.07) is 14.1. The van der Waals surface area contributed by atoms with E-state index in [0.29, 0.717) is 47.5 Å². The normalized spacial score (nSPS) is 26.5. The molecule has 4 N–H and O–H groups in total. The van der Waals surface area contributed by atoms with Crippen LogP contribution in [0, 0.1) is 35.5 Å². The number of methoxy groups -OCH3 is 2. The lowest BCUT2D eigenvalue weighted by molar-refractivity contribution is -0.152. The van der Waals surface area contributed by atoms with Crippen molar-refractivity contribution in [1.82, 2.24) is 0 Å². The van der Waals surface area contributed by atoms with Crippen LogP contribution in [0.15, 0.2) is 85.0 Å². The number of aliphatic hydroxyl groups excluding tert-OH is 3. The van der Waals surface area contributed by atoms with Crippen LogP contribution in [0.5, 0.6) is 17.2 Å². The van der Waals surface area contributed by atoms with Crippen molar-refractivity contribution in [3.8, 4) is 40.9 Å². The Morgan fingerprint density at radius 1 is 0.679 bits per heavy atom. The number of benzene rings is 3. The summed E-state index contributed by atoms with van der Waals surface area (Å²) in [5.41, 5.74) is 3.17. The van der Waals surface area contributed by atoms with E-state index in [1.54, 1.807) is 77.3 Å². The van der Waals surface area contributed by atoms with Crippen LogP contribution in [0.3, 0.4) is 0 Å². The fourth-order valence-corrected chi connectivity index (χ4v) is 8.59. The van der Waals surface area contributed by atoms with E-state index in [1.165, 1.54) is 19.3 Å². The van der Waals surface area contributed by atoms with Gasteiger partial charge in [-0.15, -0.1) is 0 Å². The number of phenols is 1. The van der Waals surface area contributed by atoms with Gasteiger partial charge in [0.1, 0.15) is 72.1 Å². The zero-order chi connectivity index (χ0) is 57.2. The maximum absolute atomic E-state index is 13.7. The third-order valence-electron chi connectivity index (χ3n) is 12.9. The van der Waals surface area contributed by atoms with Crippen LogP contribution in [0.2, 0.25) is 0 Å². The molecule has 3 aromatic rings. The Bertz CT molecular complexity index is 2770. The average molecular weight is 1080 g/mol. The molecule has 2 fully saturated rings. The van der Waals surface area contributed by atoms with E-state index < -0.39 is 66.2 Å². The molecule has 4 aliphatic rings. The predicted molar refractivity (Wildman–Crippen MR) is 291 cm³/mol. The Balaban J connectivity index is 0.000000292. The van der Waals surface area contributed by atoms with Gasteiger partial charge in [0.25, 0.3) is 0 Å². The zero-order valence-corrected chi connectivity index (χ0v) is 46.3. The van der Waals surface area contributed by atoms with Crippen molar-refractivity contribution >= 4 is 29.9 Å². The van der Waals surface area contributed by atoms with Crippen LogP contribution in [0.4, 0.5) is 0 Å². The molecule has 4 aliphatic heterocycles. The van der Waals surface area contributed by atoms with Crippen LogP contribution >= 0.6 is 0 Å². The molecule has 1 unspecified atom stereocenters. The Kier molecular flexibility index (Phi) is 23.4. The number of fused-ring (bicyclic) bond motifs is 4. The summed E-state index contributed by atoms with van der Waals surface area (Å²) in [6.07, 6.45) is 10.2. The highest BCUT2D eigenvalue weighted by Crippen LogP contribution is 2.36. The molecular weight excluding hydrogens is 1000 g/mol. The van der Waals surface area contributed by atoms with Gasteiger partial charge in [0.2, 0.25) is 0 Å². The minimum absolute atomic E-state index is 0.0115. The first kappa shape index (κ1) is 62.2. The topological polar surface area (TPSA) is 224 Å². The van der Waals surface area contributed by atoms with Crippen LogP contribution in [0.1, 0.15) is 117 Å². The van der Waals surface area contributed by atoms with Gasteiger partial charge >= 0.3 is 11.9 Å². The first-order chi connectivity index (χ1) is 37.2. The van der Waals surface area contributed by atoms with Crippen LogP contribution in [0.25, 0.3) is 12.2 Å². The molecule has 0 saturated carbocycles. The van der Waals surface area contributed by atoms with Gasteiger partial charge in [-0.05, 0) is 102 Å². The van der Waals surface area contributed by atoms with Gasteiger partial charge in [0.05, 0.1) is 25.9 Å². The molecule has 3 aromatic carbocycles. The van der Waals surface area contributed by atoms with Gasteiger partial charge in [0, 0.05) is 48.3 Å². The smallest absolute Gasteiger partial charge is 0.342 e. The lowest BCUT2D eigenvalue weighted by Crippen LogP contribution is -2.34. The Hall–Kier alpha value is -6.61. The van der Waals surface area contributed by atoms with Gasteiger partial charge in [-0.2, -0.15) is 0 Å². The maximum Gasteiger partial charge on any atom is 0.342 e. The summed E-state index contributed by atoms with van der Waals surface area (Å²) in [5.74, 6) is 8.73. The molecule has 4 heterocycles. The number of rotatable bonds is 7. The van der Waals surface area contributed by atoms with Crippen molar-refractivity contribution in [2.45, 2.75) is 129 Å². The first-order valence-corrected chi connectivity index (χ1v) is 25.7. The van der Waals surface area contributed by atoms with Gasteiger partial charge in [-0.3, -0.25) is 4.79 Å². The lowest BCUT2D eigenvalue weighted by Gasteiger charge is -2.23. The quantitative estimate of drug-likeness (QED) is 0.0581. The highest BCUT2D eigenvalue weighted by molar-refractivity contribution is 5.99. The molecule has 2 saturated heterocycles. The minimum atomic E-state index is -0.910. The number of hydrogen-bond donors (Lipinski definition) is 4.